The Labute approximate surface area is 111 Å². The number of carbonyl (C=O) groups is 1. The van der Waals surface area contributed by atoms with E-state index in [2.05, 4.69) is 20.7 Å². The highest BCUT2D eigenvalue weighted by molar-refractivity contribution is 9.08. The third kappa shape index (κ3) is 3.41. The average molecular weight is 323 g/mol. The molecule has 0 spiro atoms. The zero-order valence-electron chi connectivity index (χ0n) is 8.91. The van der Waals surface area contributed by atoms with Crippen molar-refractivity contribution in [2.24, 2.45) is 0 Å². The molecule has 0 heterocycles. The summed E-state index contributed by atoms with van der Waals surface area (Å²) in [6, 6.07) is 2.78. The summed E-state index contributed by atoms with van der Waals surface area (Å²) in [5.41, 5.74) is 0.720. The summed E-state index contributed by atoms with van der Waals surface area (Å²) in [7, 11) is 1.22. The quantitative estimate of drug-likeness (QED) is 0.370. The van der Waals surface area contributed by atoms with E-state index < -0.39 is 10.9 Å². The van der Waals surface area contributed by atoms with Gasteiger partial charge in [-0.15, -0.1) is 0 Å². The van der Waals surface area contributed by atoms with Crippen LogP contribution >= 0.6 is 27.5 Å². The van der Waals surface area contributed by atoms with Gasteiger partial charge in [-0.2, -0.15) is 0 Å². The average Bonchev–Trinajstić information content (AvgIpc) is 2.28. The molecule has 0 radical (unpaired) electrons. The monoisotopic (exact) mass is 321 g/mol. The van der Waals surface area contributed by atoms with Gasteiger partial charge in [-0.25, -0.2) is 0 Å². The molecule has 92 valence electrons. The van der Waals surface area contributed by atoms with Crippen molar-refractivity contribution in [2.45, 2.75) is 11.8 Å². The van der Waals surface area contributed by atoms with Gasteiger partial charge in [0, 0.05) is 22.0 Å². The number of methoxy groups -OCH3 is 1. The molecule has 5 nitrogen and oxygen atoms in total. The molecular formula is C10H9BrClNO4. The zero-order valence-corrected chi connectivity index (χ0v) is 11.2. The highest BCUT2D eigenvalue weighted by atomic mass is 79.9. The lowest BCUT2D eigenvalue weighted by Crippen LogP contribution is -2.07. The topological polar surface area (TPSA) is 69.4 Å². The molecule has 7 heteroatoms. The Balaban J connectivity index is 3.23. The maximum absolute atomic E-state index is 11.1. The number of alkyl halides is 1. The van der Waals surface area contributed by atoms with Gasteiger partial charge in [-0.3, -0.25) is 14.9 Å². The SMILES string of the molecule is COC(=O)Cc1cc(Cl)c(CBr)cc1[N+](=O)[O-]. The summed E-state index contributed by atoms with van der Waals surface area (Å²) in [6.07, 6.45) is -0.172. The maximum atomic E-state index is 11.1. The van der Waals surface area contributed by atoms with E-state index >= 15 is 0 Å². The highest BCUT2D eigenvalue weighted by Gasteiger charge is 2.19. The van der Waals surface area contributed by atoms with Gasteiger partial charge in [0.15, 0.2) is 0 Å². The van der Waals surface area contributed by atoms with E-state index in [-0.39, 0.29) is 17.7 Å². The molecule has 0 atom stereocenters. The minimum atomic E-state index is -0.546. The molecule has 0 saturated carbocycles. The van der Waals surface area contributed by atoms with Crippen LogP contribution in [0.25, 0.3) is 0 Å². The predicted octanol–water partition coefficient (Wildman–Crippen LogP) is 2.86. The van der Waals surface area contributed by atoms with E-state index in [0.29, 0.717) is 15.9 Å². The minimum Gasteiger partial charge on any atom is -0.469 e. The zero-order chi connectivity index (χ0) is 13.0. The standard InChI is InChI=1S/C10H9BrClNO4/c1-17-10(14)4-6-2-8(12)7(5-11)3-9(6)13(15)16/h2-3H,4-5H2,1H3. The lowest BCUT2D eigenvalue weighted by Gasteiger charge is -2.06. The van der Waals surface area contributed by atoms with Gasteiger partial charge in [-0.05, 0) is 11.6 Å². The molecule has 1 aromatic carbocycles. The highest BCUT2D eigenvalue weighted by Crippen LogP contribution is 2.29. The summed E-state index contributed by atoms with van der Waals surface area (Å²) in [5.74, 6) is -0.546. The van der Waals surface area contributed by atoms with Crippen LogP contribution in [0, 0.1) is 10.1 Å². The van der Waals surface area contributed by atoms with Crippen LogP contribution in [0.5, 0.6) is 0 Å². The predicted molar refractivity (Wildman–Crippen MR) is 66.5 cm³/mol. The molecule has 0 aliphatic carbocycles. The Morgan fingerprint density at radius 3 is 2.65 bits per heavy atom. The number of nitro benzene ring substituents is 1. The van der Waals surface area contributed by atoms with Gasteiger partial charge in [0.2, 0.25) is 0 Å². The Kier molecular flexibility index (Phi) is 4.89. The first-order valence-corrected chi connectivity index (χ1v) is 6.08. The Morgan fingerprint density at radius 2 is 2.18 bits per heavy atom. The first-order chi connectivity index (χ1) is 7.99. The molecule has 0 N–H and O–H groups in total. The second kappa shape index (κ2) is 5.97. The molecule has 17 heavy (non-hydrogen) atoms. The Hall–Kier alpha value is -1.14. The van der Waals surface area contributed by atoms with Gasteiger partial charge < -0.3 is 4.74 Å². The molecule has 0 aromatic heterocycles. The van der Waals surface area contributed by atoms with Gasteiger partial charge in [0.25, 0.3) is 5.69 Å². The summed E-state index contributed by atoms with van der Waals surface area (Å²) < 4.78 is 4.47. The van der Waals surface area contributed by atoms with Crippen molar-refractivity contribution in [3.8, 4) is 0 Å². The molecular weight excluding hydrogens is 313 g/mol. The normalized spacial score (nSPS) is 10.1. The Morgan fingerprint density at radius 1 is 1.53 bits per heavy atom. The molecule has 1 rings (SSSR count). The van der Waals surface area contributed by atoms with Crippen molar-refractivity contribution in [1.29, 1.82) is 0 Å². The van der Waals surface area contributed by atoms with E-state index in [1.807, 2.05) is 0 Å². The molecule has 0 fully saturated rings. The summed E-state index contributed by atoms with van der Waals surface area (Å²) in [4.78, 5) is 21.4. The fourth-order valence-corrected chi connectivity index (χ4v) is 2.17. The summed E-state index contributed by atoms with van der Waals surface area (Å²) in [6.45, 7) is 0. The van der Waals surface area contributed by atoms with Gasteiger partial charge >= 0.3 is 5.97 Å². The van der Waals surface area contributed by atoms with Crippen LogP contribution in [0.4, 0.5) is 5.69 Å². The molecule has 0 aliphatic heterocycles. The van der Waals surface area contributed by atoms with E-state index in [0.717, 1.165) is 0 Å². The number of halogens is 2. The van der Waals surface area contributed by atoms with Crippen LogP contribution in [-0.4, -0.2) is 18.0 Å². The van der Waals surface area contributed by atoms with Crippen LogP contribution in [0.1, 0.15) is 11.1 Å². The van der Waals surface area contributed by atoms with Gasteiger partial charge in [0.1, 0.15) is 0 Å². The summed E-state index contributed by atoms with van der Waals surface area (Å²) in [5, 5.41) is 11.7. The van der Waals surface area contributed by atoms with Gasteiger partial charge in [-0.1, -0.05) is 27.5 Å². The summed E-state index contributed by atoms with van der Waals surface area (Å²) >= 11 is 9.11. The van der Waals surface area contributed by atoms with E-state index in [9.17, 15) is 14.9 Å². The van der Waals surface area contributed by atoms with Crippen molar-refractivity contribution in [3.05, 3.63) is 38.4 Å². The molecule has 0 saturated heterocycles. The molecule has 0 unspecified atom stereocenters. The molecule has 0 aliphatic rings. The fraction of sp³-hybridized carbons (Fsp3) is 0.300. The number of hydrogen-bond acceptors (Lipinski definition) is 4. The number of nitro groups is 1. The number of nitrogens with zero attached hydrogens (tertiary/aromatic N) is 1. The number of benzene rings is 1. The third-order valence-electron chi connectivity index (χ3n) is 2.15. The number of carbonyl (C=O) groups excluding carboxylic acids is 1. The molecule has 0 bridgehead atoms. The second-order valence-electron chi connectivity index (χ2n) is 3.22. The molecule has 0 amide bonds. The van der Waals surface area contributed by atoms with E-state index in [1.165, 1.54) is 19.2 Å². The van der Waals surface area contributed by atoms with Crippen LogP contribution in [-0.2, 0) is 21.3 Å². The van der Waals surface area contributed by atoms with Crippen molar-refractivity contribution >= 4 is 39.2 Å². The second-order valence-corrected chi connectivity index (χ2v) is 4.18. The van der Waals surface area contributed by atoms with Crippen LogP contribution in [0.3, 0.4) is 0 Å². The van der Waals surface area contributed by atoms with Crippen molar-refractivity contribution < 1.29 is 14.5 Å². The maximum Gasteiger partial charge on any atom is 0.310 e. The van der Waals surface area contributed by atoms with Crippen molar-refractivity contribution in [1.82, 2.24) is 0 Å². The third-order valence-corrected chi connectivity index (χ3v) is 3.11. The smallest absolute Gasteiger partial charge is 0.310 e. The van der Waals surface area contributed by atoms with Crippen LogP contribution < -0.4 is 0 Å². The van der Waals surface area contributed by atoms with Crippen molar-refractivity contribution in [3.63, 3.8) is 0 Å². The van der Waals surface area contributed by atoms with Crippen LogP contribution in [0.2, 0.25) is 5.02 Å². The van der Waals surface area contributed by atoms with Crippen LogP contribution in [0.15, 0.2) is 12.1 Å². The van der Waals surface area contributed by atoms with E-state index in [4.69, 9.17) is 11.6 Å². The number of hydrogen-bond donors (Lipinski definition) is 0. The minimum absolute atomic E-state index is 0.130. The first-order valence-electron chi connectivity index (χ1n) is 4.58. The number of rotatable bonds is 4. The largest absolute Gasteiger partial charge is 0.469 e. The lowest BCUT2D eigenvalue weighted by molar-refractivity contribution is -0.385. The fourth-order valence-electron chi connectivity index (χ4n) is 1.29. The molecule has 1 aromatic rings. The lowest BCUT2D eigenvalue weighted by atomic mass is 10.1. The Bertz CT molecular complexity index is 464. The first kappa shape index (κ1) is 13.9. The van der Waals surface area contributed by atoms with Gasteiger partial charge in [0.05, 0.1) is 18.5 Å². The number of esters is 1. The number of ether oxygens (including phenoxy) is 1. The van der Waals surface area contributed by atoms with E-state index in [1.54, 1.807) is 0 Å². The van der Waals surface area contributed by atoms with Crippen molar-refractivity contribution in [2.75, 3.05) is 7.11 Å².